The average molecular weight is 224 g/mol. The van der Waals surface area contributed by atoms with Gasteiger partial charge in [0.05, 0.1) is 5.75 Å². The predicted octanol–water partition coefficient (Wildman–Crippen LogP) is 2.13. The van der Waals surface area contributed by atoms with Gasteiger partial charge >= 0.3 is 0 Å². The molecule has 3 N–H and O–H groups in total. The standard InChI is InChI=1S/C11H16N2OS/c1-3-8-4-5-9(6-10(8)12)13-11(14)7-15-2/h4-6H,3,7,12H2,1-2H3,(H,13,14). The van der Waals surface area contributed by atoms with E-state index < -0.39 is 0 Å². The van der Waals surface area contributed by atoms with E-state index in [0.29, 0.717) is 5.75 Å². The number of rotatable bonds is 4. The summed E-state index contributed by atoms with van der Waals surface area (Å²) in [5.74, 6) is 0.473. The molecule has 0 fully saturated rings. The van der Waals surface area contributed by atoms with Gasteiger partial charge in [-0.3, -0.25) is 4.79 Å². The number of anilines is 2. The van der Waals surface area contributed by atoms with Crippen molar-refractivity contribution in [2.75, 3.05) is 23.1 Å². The van der Waals surface area contributed by atoms with Gasteiger partial charge in [-0.15, -0.1) is 0 Å². The summed E-state index contributed by atoms with van der Waals surface area (Å²) in [6, 6.07) is 5.63. The van der Waals surface area contributed by atoms with Crippen molar-refractivity contribution < 1.29 is 4.79 Å². The van der Waals surface area contributed by atoms with Crippen LogP contribution in [0.25, 0.3) is 0 Å². The number of hydrogen-bond donors (Lipinski definition) is 2. The number of amides is 1. The van der Waals surface area contributed by atoms with Crippen LogP contribution >= 0.6 is 11.8 Å². The second-order valence-electron chi connectivity index (χ2n) is 3.25. The Bertz CT molecular complexity index is 352. The Balaban J connectivity index is 2.71. The maximum atomic E-state index is 11.3. The molecule has 0 bridgehead atoms. The molecule has 0 radical (unpaired) electrons. The van der Waals surface area contributed by atoms with Crippen LogP contribution in [0.15, 0.2) is 18.2 Å². The van der Waals surface area contributed by atoms with Crippen molar-refractivity contribution in [3.63, 3.8) is 0 Å². The molecule has 1 rings (SSSR count). The van der Waals surface area contributed by atoms with Gasteiger partial charge < -0.3 is 11.1 Å². The van der Waals surface area contributed by atoms with Gasteiger partial charge in [0.15, 0.2) is 0 Å². The molecule has 0 atom stereocenters. The summed E-state index contributed by atoms with van der Waals surface area (Å²) in [6.45, 7) is 2.05. The van der Waals surface area contributed by atoms with Crippen molar-refractivity contribution in [1.29, 1.82) is 0 Å². The highest BCUT2D eigenvalue weighted by atomic mass is 32.2. The SMILES string of the molecule is CCc1ccc(NC(=O)CSC)cc1N. The molecule has 82 valence electrons. The first-order valence-electron chi connectivity index (χ1n) is 4.84. The average Bonchev–Trinajstić information content (AvgIpc) is 2.18. The highest BCUT2D eigenvalue weighted by molar-refractivity contribution is 7.99. The molecule has 0 spiro atoms. The monoisotopic (exact) mass is 224 g/mol. The molecule has 1 aromatic rings. The van der Waals surface area contributed by atoms with Crippen LogP contribution in [-0.2, 0) is 11.2 Å². The lowest BCUT2D eigenvalue weighted by Crippen LogP contribution is -2.14. The molecule has 15 heavy (non-hydrogen) atoms. The molecule has 0 aliphatic carbocycles. The van der Waals surface area contributed by atoms with Crippen LogP contribution in [0.5, 0.6) is 0 Å². The van der Waals surface area contributed by atoms with Gasteiger partial charge in [-0.05, 0) is 30.4 Å². The van der Waals surface area contributed by atoms with E-state index in [-0.39, 0.29) is 5.91 Å². The number of aryl methyl sites for hydroxylation is 1. The maximum absolute atomic E-state index is 11.3. The first kappa shape index (κ1) is 11.9. The van der Waals surface area contributed by atoms with Gasteiger partial charge in [-0.2, -0.15) is 11.8 Å². The summed E-state index contributed by atoms with van der Waals surface area (Å²) in [7, 11) is 0. The normalized spacial score (nSPS) is 10.0. The quantitative estimate of drug-likeness (QED) is 0.770. The fraction of sp³-hybridized carbons (Fsp3) is 0.364. The zero-order valence-corrected chi connectivity index (χ0v) is 9.86. The fourth-order valence-electron chi connectivity index (χ4n) is 1.32. The first-order valence-corrected chi connectivity index (χ1v) is 6.24. The lowest BCUT2D eigenvalue weighted by Gasteiger charge is -2.07. The molecule has 0 aliphatic rings. The summed E-state index contributed by atoms with van der Waals surface area (Å²) >= 11 is 1.50. The molecule has 0 unspecified atom stereocenters. The van der Waals surface area contributed by atoms with Gasteiger partial charge in [0.2, 0.25) is 5.91 Å². The Morgan fingerprint density at radius 1 is 1.53 bits per heavy atom. The summed E-state index contributed by atoms with van der Waals surface area (Å²) in [5, 5.41) is 2.80. The third-order valence-corrected chi connectivity index (χ3v) is 2.64. The highest BCUT2D eigenvalue weighted by Gasteiger charge is 2.03. The second-order valence-corrected chi connectivity index (χ2v) is 4.11. The van der Waals surface area contributed by atoms with Crippen LogP contribution in [0.4, 0.5) is 11.4 Å². The van der Waals surface area contributed by atoms with Crippen LogP contribution in [-0.4, -0.2) is 17.9 Å². The van der Waals surface area contributed by atoms with Crippen LogP contribution < -0.4 is 11.1 Å². The van der Waals surface area contributed by atoms with Crippen molar-refractivity contribution in [3.05, 3.63) is 23.8 Å². The van der Waals surface area contributed by atoms with E-state index in [1.165, 1.54) is 11.8 Å². The van der Waals surface area contributed by atoms with Gasteiger partial charge in [-0.1, -0.05) is 13.0 Å². The molecule has 0 saturated heterocycles. The number of carbonyl (C=O) groups is 1. The zero-order valence-electron chi connectivity index (χ0n) is 9.04. The Hall–Kier alpha value is -1.16. The molecule has 0 heterocycles. The van der Waals surface area contributed by atoms with E-state index in [0.717, 1.165) is 23.4 Å². The Labute approximate surface area is 94.4 Å². The molecule has 0 aliphatic heterocycles. The van der Waals surface area contributed by atoms with Crippen molar-refractivity contribution in [2.24, 2.45) is 0 Å². The Morgan fingerprint density at radius 2 is 2.27 bits per heavy atom. The van der Waals surface area contributed by atoms with E-state index in [9.17, 15) is 4.79 Å². The van der Waals surface area contributed by atoms with Crippen LogP contribution in [0.1, 0.15) is 12.5 Å². The third-order valence-electron chi connectivity index (χ3n) is 2.09. The minimum absolute atomic E-state index is 0.00569. The van der Waals surface area contributed by atoms with E-state index in [4.69, 9.17) is 5.73 Å². The lowest BCUT2D eigenvalue weighted by molar-refractivity contribution is -0.113. The van der Waals surface area contributed by atoms with E-state index in [1.54, 1.807) is 6.07 Å². The Morgan fingerprint density at radius 3 is 2.80 bits per heavy atom. The molecular weight excluding hydrogens is 208 g/mol. The van der Waals surface area contributed by atoms with E-state index in [1.807, 2.05) is 18.4 Å². The summed E-state index contributed by atoms with van der Waals surface area (Å²) in [4.78, 5) is 11.3. The largest absolute Gasteiger partial charge is 0.398 e. The van der Waals surface area contributed by atoms with E-state index in [2.05, 4.69) is 12.2 Å². The van der Waals surface area contributed by atoms with Crippen molar-refractivity contribution in [1.82, 2.24) is 0 Å². The smallest absolute Gasteiger partial charge is 0.234 e. The molecule has 1 amide bonds. The van der Waals surface area contributed by atoms with Gasteiger partial charge in [-0.25, -0.2) is 0 Å². The number of thioether (sulfide) groups is 1. The number of nitrogens with one attached hydrogen (secondary N) is 1. The van der Waals surface area contributed by atoms with Gasteiger partial charge in [0.25, 0.3) is 0 Å². The number of nitrogens with two attached hydrogens (primary N) is 1. The number of hydrogen-bond acceptors (Lipinski definition) is 3. The Kier molecular flexibility index (Phi) is 4.49. The first-order chi connectivity index (χ1) is 7.17. The summed E-state index contributed by atoms with van der Waals surface area (Å²) in [6.07, 6.45) is 2.80. The van der Waals surface area contributed by atoms with E-state index >= 15 is 0 Å². The molecular formula is C11H16N2OS. The molecule has 1 aromatic carbocycles. The number of nitrogen functional groups attached to an aromatic ring is 1. The second kappa shape index (κ2) is 5.66. The number of benzene rings is 1. The summed E-state index contributed by atoms with van der Waals surface area (Å²) < 4.78 is 0. The fourth-order valence-corrected chi connectivity index (χ4v) is 1.66. The third kappa shape index (κ3) is 3.47. The van der Waals surface area contributed by atoms with Gasteiger partial charge in [0, 0.05) is 11.4 Å². The predicted molar refractivity (Wildman–Crippen MR) is 67.2 cm³/mol. The highest BCUT2D eigenvalue weighted by Crippen LogP contribution is 2.18. The van der Waals surface area contributed by atoms with Crippen LogP contribution in [0.2, 0.25) is 0 Å². The lowest BCUT2D eigenvalue weighted by atomic mass is 10.1. The molecule has 4 heteroatoms. The summed E-state index contributed by atoms with van der Waals surface area (Å²) in [5.41, 5.74) is 8.44. The minimum atomic E-state index is 0.00569. The minimum Gasteiger partial charge on any atom is -0.398 e. The zero-order chi connectivity index (χ0) is 11.3. The van der Waals surface area contributed by atoms with Crippen molar-refractivity contribution in [2.45, 2.75) is 13.3 Å². The van der Waals surface area contributed by atoms with Crippen LogP contribution in [0, 0.1) is 0 Å². The maximum Gasteiger partial charge on any atom is 0.234 e. The van der Waals surface area contributed by atoms with Crippen molar-refractivity contribution >= 4 is 29.0 Å². The van der Waals surface area contributed by atoms with Crippen molar-refractivity contribution in [3.8, 4) is 0 Å². The number of carbonyl (C=O) groups excluding carboxylic acids is 1. The molecule has 3 nitrogen and oxygen atoms in total. The molecule has 0 saturated carbocycles. The van der Waals surface area contributed by atoms with Crippen LogP contribution in [0.3, 0.4) is 0 Å². The topological polar surface area (TPSA) is 55.1 Å². The molecule has 0 aromatic heterocycles. The van der Waals surface area contributed by atoms with Gasteiger partial charge in [0.1, 0.15) is 0 Å².